The predicted octanol–water partition coefficient (Wildman–Crippen LogP) is 5.15. The maximum atomic E-state index is 14.4. The Morgan fingerprint density at radius 2 is 1.90 bits per heavy atom. The highest BCUT2D eigenvalue weighted by Gasteiger charge is 2.29. The topological polar surface area (TPSA) is 103 Å². The number of benzene rings is 2. The van der Waals surface area contributed by atoms with Crippen LogP contribution in [-0.2, 0) is 16.3 Å². The molecule has 1 amide bonds. The van der Waals surface area contributed by atoms with Crippen molar-refractivity contribution in [2.24, 2.45) is 0 Å². The molecule has 0 spiro atoms. The zero-order valence-corrected chi connectivity index (χ0v) is 24.0. The maximum Gasteiger partial charge on any atom is 0.265 e. The molecule has 4 aromatic rings. The number of hydrogen-bond acceptors (Lipinski definition) is 8. The third-order valence-electron chi connectivity index (χ3n) is 7.45. The highest BCUT2D eigenvalue weighted by molar-refractivity contribution is 7.91. The van der Waals surface area contributed by atoms with Gasteiger partial charge in [-0.15, -0.1) is 11.3 Å². The van der Waals surface area contributed by atoms with Gasteiger partial charge < -0.3 is 20.2 Å². The van der Waals surface area contributed by atoms with Crippen molar-refractivity contribution in [2.75, 3.05) is 39.8 Å². The fourth-order valence-corrected chi connectivity index (χ4v) is 7.97. The number of sulfone groups is 1. The minimum atomic E-state index is -3.17. The van der Waals surface area contributed by atoms with E-state index in [1.165, 1.54) is 17.4 Å². The molecule has 0 aliphatic carbocycles. The molecule has 2 aromatic heterocycles. The zero-order valence-electron chi connectivity index (χ0n) is 22.4. The Morgan fingerprint density at radius 1 is 1.10 bits per heavy atom. The highest BCUT2D eigenvalue weighted by atomic mass is 32.2. The van der Waals surface area contributed by atoms with E-state index in [2.05, 4.69) is 10.3 Å². The first-order chi connectivity index (χ1) is 19.7. The molecule has 0 radical (unpaired) electrons. The van der Waals surface area contributed by atoms with Crippen LogP contribution in [0.25, 0.3) is 10.4 Å². The summed E-state index contributed by atoms with van der Waals surface area (Å²) < 4.78 is 38.7. The van der Waals surface area contributed by atoms with Crippen LogP contribution in [0.2, 0.25) is 0 Å². The summed E-state index contributed by atoms with van der Waals surface area (Å²) in [5.74, 6) is -0.240. The van der Waals surface area contributed by atoms with Crippen molar-refractivity contribution in [3.8, 4) is 10.4 Å². The molecule has 0 saturated carbocycles. The van der Waals surface area contributed by atoms with Gasteiger partial charge in [-0.1, -0.05) is 36.4 Å². The first-order valence-electron chi connectivity index (χ1n) is 13.4. The summed E-state index contributed by atoms with van der Waals surface area (Å²) in [7, 11) is -3.17. The second kappa shape index (κ2) is 10.9. The number of para-hydroxylation sites is 2. The number of fused-ring (bicyclic) bond motifs is 3. The molecule has 1 saturated heterocycles. The average molecular weight is 593 g/mol. The lowest BCUT2D eigenvalue weighted by Crippen LogP contribution is -2.38. The van der Waals surface area contributed by atoms with Gasteiger partial charge in [0.15, 0.2) is 16.1 Å². The van der Waals surface area contributed by atoms with Crippen molar-refractivity contribution in [3.63, 3.8) is 0 Å². The number of rotatable bonds is 5. The number of aliphatic hydroxyl groups excluding tert-OH is 1. The van der Waals surface area contributed by atoms with Crippen LogP contribution in [0.5, 0.6) is 0 Å². The lowest BCUT2D eigenvalue weighted by Gasteiger charge is -2.31. The third-order valence-corrected chi connectivity index (χ3v) is 10.3. The van der Waals surface area contributed by atoms with Gasteiger partial charge in [0, 0.05) is 29.2 Å². The number of aromatic nitrogens is 1. The summed E-state index contributed by atoms with van der Waals surface area (Å²) in [6.07, 6.45) is 0.0324. The second-order valence-electron chi connectivity index (χ2n) is 10.3. The van der Waals surface area contributed by atoms with E-state index in [4.69, 9.17) is 0 Å². The van der Waals surface area contributed by atoms with E-state index in [-0.39, 0.29) is 23.2 Å². The number of aryl methyl sites for hydroxylation is 1. The third kappa shape index (κ3) is 5.44. The Morgan fingerprint density at radius 3 is 2.71 bits per heavy atom. The molecule has 2 N–H and O–H groups in total. The number of hydrogen-bond donors (Lipinski definition) is 2. The molecule has 4 heterocycles. The minimum absolute atomic E-state index is 0.0846. The number of nitrogens with zero attached hydrogens (tertiary/aromatic N) is 3. The van der Waals surface area contributed by atoms with E-state index >= 15 is 0 Å². The molecule has 11 heteroatoms. The fraction of sp³-hybridized carbons (Fsp3) is 0.267. The Kier molecular flexibility index (Phi) is 7.27. The van der Waals surface area contributed by atoms with Gasteiger partial charge in [-0.25, -0.2) is 17.8 Å². The van der Waals surface area contributed by atoms with Gasteiger partial charge in [0.25, 0.3) is 5.91 Å². The molecule has 8 nitrogen and oxygen atoms in total. The minimum Gasteiger partial charge on any atom is -0.368 e. The number of pyridine rings is 1. The number of carbonyl (C=O) groups excluding carboxylic acids is 1. The summed E-state index contributed by atoms with van der Waals surface area (Å²) in [5, 5.41) is 14.3. The molecule has 1 fully saturated rings. The monoisotopic (exact) mass is 592 g/mol. The molecule has 1 unspecified atom stereocenters. The molecule has 2 aliphatic heterocycles. The number of anilines is 3. The number of nitrogens with one attached hydrogen (secondary N) is 1. The lowest BCUT2D eigenvalue weighted by molar-refractivity contribution is 0.102. The van der Waals surface area contributed by atoms with E-state index in [1.807, 2.05) is 35.2 Å². The van der Waals surface area contributed by atoms with Crippen molar-refractivity contribution in [1.82, 2.24) is 4.98 Å². The fourth-order valence-electron chi connectivity index (χ4n) is 5.39. The normalized spacial score (nSPS) is 16.9. The van der Waals surface area contributed by atoms with Crippen LogP contribution in [0.4, 0.5) is 21.6 Å². The zero-order chi connectivity index (χ0) is 28.7. The number of halogens is 1. The second-order valence-corrected chi connectivity index (χ2v) is 13.5. The van der Waals surface area contributed by atoms with E-state index in [1.54, 1.807) is 42.2 Å². The van der Waals surface area contributed by atoms with E-state index in [0.717, 1.165) is 21.7 Å². The SMILES string of the molecule is Cc1cccc(F)c1NC(=O)c1cc2c(s1)-c1ccccc1N(C(O)c1cccc(N3CCCS(=O)(=O)C3)n1)CC2. The summed E-state index contributed by atoms with van der Waals surface area (Å²) >= 11 is 1.34. The van der Waals surface area contributed by atoms with Gasteiger partial charge >= 0.3 is 0 Å². The predicted molar refractivity (Wildman–Crippen MR) is 160 cm³/mol. The van der Waals surface area contributed by atoms with Gasteiger partial charge in [-0.05, 0) is 61.2 Å². The molecule has 2 aliphatic rings. The Hall–Kier alpha value is -3.80. The van der Waals surface area contributed by atoms with Crippen LogP contribution in [0.15, 0.2) is 66.7 Å². The Bertz CT molecular complexity index is 1720. The lowest BCUT2D eigenvalue weighted by atomic mass is 10.1. The summed E-state index contributed by atoms with van der Waals surface area (Å²) in [4.78, 5) is 22.8. The highest BCUT2D eigenvalue weighted by Crippen LogP contribution is 2.43. The number of carbonyl (C=O) groups is 1. The van der Waals surface area contributed by atoms with Gasteiger partial charge in [0.05, 0.1) is 22.0 Å². The first kappa shape index (κ1) is 27.4. The van der Waals surface area contributed by atoms with Gasteiger partial charge in [0.1, 0.15) is 17.5 Å². The van der Waals surface area contributed by atoms with Gasteiger partial charge in [-0.3, -0.25) is 4.79 Å². The molecule has 41 heavy (non-hydrogen) atoms. The molecular weight excluding hydrogens is 563 g/mol. The van der Waals surface area contributed by atoms with Crippen molar-refractivity contribution < 1.29 is 22.7 Å². The molecular formula is C30H29FN4O4S2. The average Bonchev–Trinajstić information content (AvgIpc) is 3.32. The number of amides is 1. The number of aliphatic hydroxyl groups is 1. The number of thiophene rings is 1. The summed E-state index contributed by atoms with van der Waals surface area (Å²) in [6, 6.07) is 19.5. The first-order valence-corrected chi connectivity index (χ1v) is 16.0. The van der Waals surface area contributed by atoms with Crippen LogP contribution in [0.1, 0.15) is 39.1 Å². The van der Waals surface area contributed by atoms with Crippen LogP contribution in [0.3, 0.4) is 0 Å². The van der Waals surface area contributed by atoms with Crippen molar-refractivity contribution in [1.29, 1.82) is 0 Å². The van der Waals surface area contributed by atoms with Crippen LogP contribution in [-0.4, -0.2) is 49.1 Å². The summed E-state index contributed by atoms with van der Waals surface area (Å²) in [5.41, 5.74) is 3.88. The Balaban J connectivity index is 1.29. The molecule has 0 bridgehead atoms. The quantitative estimate of drug-likeness (QED) is 0.331. The molecule has 212 valence electrons. The van der Waals surface area contributed by atoms with Crippen molar-refractivity contribution >= 4 is 44.3 Å². The van der Waals surface area contributed by atoms with E-state index < -0.39 is 21.9 Å². The van der Waals surface area contributed by atoms with E-state index in [9.17, 15) is 22.7 Å². The maximum absolute atomic E-state index is 14.4. The smallest absolute Gasteiger partial charge is 0.265 e. The van der Waals surface area contributed by atoms with Gasteiger partial charge in [0.2, 0.25) is 0 Å². The largest absolute Gasteiger partial charge is 0.368 e. The summed E-state index contributed by atoms with van der Waals surface area (Å²) in [6.45, 7) is 2.79. The van der Waals surface area contributed by atoms with Crippen molar-refractivity contribution in [2.45, 2.75) is 26.0 Å². The Labute approximate surface area is 242 Å². The molecule has 6 rings (SSSR count). The van der Waals surface area contributed by atoms with E-state index in [0.29, 0.717) is 47.9 Å². The molecule has 2 aromatic carbocycles. The standard InChI is InChI=1S/C30H29FN4O4S2/c1-19-7-4-9-22(31)27(19)33-29(36)25-17-20-13-15-35(24-11-3-2-8-21(24)28(20)40-25)30(37)23-10-5-12-26(32-23)34-14-6-16-41(38,39)18-34/h2-5,7-12,17,30,37H,6,13-16,18H2,1H3,(H,33,36). The van der Waals surface area contributed by atoms with Crippen LogP contribution < -0.4 is 15.1 Å². The van der Waals surface area contributed by atoms with Crippen LogP contribution in [0, 0.1) is 12.7 Å². The molecule has 1 atom stereocenters. The van der Waals surface area contributed by atoms with Crippen LogP contribution >= 0.6 is 11.3 Å². The van der Waals surface area contributed by atoms with Gasteiger partial charge in [-0.2, -0.15) is 0 Å². The van der Waals surface area contributed by atoms with Crippen molar-refractivity contribution in [3.05, 3.63) is 94.2 Å².